The molecule has 1 aliphatic heterocycles. The normalized spacial score (nSPS) is 17.1. The molecule has 0 amide bonds. The minimum Gasteiger partial charge on any atom is -0.372 e. The Hall–Kier alpha value is -2.92. The molecule has 3 heterocycles. The molecule has 0 bridgehead atoms. The summed E-state index contributed by atoms with van der Waals surface area (Å²) >= 11 is 0. The van der Waals surface area contributed by atoms with Crippen molar-refractivity contribution in [2.45, 2.75) is 65.8 Å². The molecular weight excluding hydrogens is 454 g/mol. The van der Waals surface area contributed by atoms with Crippen molar-refractivity contribution in [2.24, 2.45) is 16.8 Å². The fourth-order valence-corrected chi connectivity index (χ4v) is 5.80. The number of nitrogens with one attached hydrogen (secondary N) is 1. The van der Waals surface area contributed by atoms with E-state index in [0.717, 1.165) is 67.2 Å². The highest BCUT2D eigenvalue weighted by molar-refractivity contribution is 6.03. The first-order valence-electron chi connectivity index (χ1n) is 14.2. The van der Waals surface area contributed by atoms with Gasteiger partial charge >= 0.3 is 0 Å². The van der Waals surface area contributed by atoms with Crippen LogP contribution in [0.4, 0.5) is 5.69 Å². The van der Waals surface area contributed by atoms with Gasteiger partial charge in [-0.1, -0.05) is 13.5 Å². The molecule has 5 nitrogen and oxygen atoms in total. The highest BCUT2D eigenvalue weighted by Gasteiger charge is 2.25. The Bertz CT molecular complexity index is 1290. The molecule has 2 fully saturated rings. The van der Waals surface area contributed by atoms with Gasteiger partial charge in [0.1, 0.15) is 5.65 Å². The van der Waals surface area contributed by atoms with E-state index in [9.17, 15) is 0 Å². The fraction of sp³-hybridized carbons (Fsp3) is 0.500. The van der Waals surface area contributed by atoms with Crippen molar-refractivity contribution in [2.75, 3.05) is 26.7 Å². The van der Waals surface area contributed by atoms with Crippen LogP contribution in [-0.2, 0) is 13.0 Å². The van der Waals surface area contributed by atoms with E-state index in [4.69, 9.17) is 9.98 Å². The topological polar surface area (TPSA) is 45.5 Å². The van der Waals surface area contributed by atoms with Crippen molar-refractivity contribution in [3.63, 3.8) is 0 Å². The Morgan fingerprint density at radius 2 is 1.92 bits per heavy atom. The summed E-state index contributed by atoms with van der Waals surface area (Å²) in [7, 11) is 2.05. The molecule has 1 aliphatic carbocycles. The number of hydrogen-bond donors (Lipinski definition) is 1. The number of piperidine rings is 1. The van der Waals surface area contributed by atoms with Crippen LogP contribution in [0.3, 0.4) is 0 Å². The van der Waals surface area contributed by atoms with Crippen LogP contribution in [0.15, 0.2) is 48.1 Å². The van der Waals surface area contributed by atoms with Crippen LogP contribution in [0.2, 0.25) is 0 Å². The smallest absolute Gasteiger partial charge is 0.140 e. The van der Waals surface area contributed by atoms with E-state index in [0.29, 0.717) is 0 Å². The first-order valence-corrected chi connectivity index (χ1v) is 14.2. The van der Waals surface area contributed by atoms with Crippen LogP contribution >= 0.6 is 0 Å². The number of hydrogen-bond acceptors (Lipinski definition) is 4. The molecule has 3 aromatic rings. The Morgan fingerprint density at radius 3 is 2.62 bits per heavy atom. The van der Waals surface area contributed by atoms with Gasteiger partial charge in [-0.2, -0.15) is 0 Å². The summed E-state index contributed by atoms with van der Waals surface area (Å²) in [5.74, 6) is 1.59. The largest absolute Gasteiger partial charge is 0.372 e. The van der Waals surface area contributed by atoms with E-state index in [-0.39, 0.29) is 0 Å². The van der Waals surface area contributed by atoms with E-state index < -0.39 is 0 Å². The third kappa shape index (κ3) is 5.67. The molecule has 1 aromatic carbocycles. The van der Waals surface area contributed by atoms with Gasteiger partial charge in [-0.15, -0.1) is 0 Å². The number of nitrogens with zero attached hydrogens (tertiary/aromatic N) is 4. The number of fused-ring (bicyclic) bond motifs is 1. The lowest BCUT2D eigenvalue weighted by Crippen LogP contribution is -2.33. The van der Waals surface area contributed by atoms with Crippen LogP contribution in [0.1, 0.15) is 68.3 Å². The van der Waals surface area contributed by atoms with Gasteiger partial charge in [-0.3, -0.25) is 4.99 Å². The van der Waals surface area contributed by atoms with E-state index in [1.54, 1.807) is 0 Å². The lowest BCUT2D eigenvalue weighted by Gasteiger charge is -2.35. The Kier molecular flexibility index (Phi) is 7.80. The zero-order chi connectivity index (χ0) is 25.9. The maximum atomic E-state index is 5.26. The second-order valence-corrected chi connectivity index (χ2v) is 11.1. The highest BCUT2D eigenvalue weighted by atomic mass is 15.1. The molecule has 1 saturated heterocycles. The van der Waals surface area contributed by atoms with E-state index in [1.807, 2.05) is 19.3 Å². The lowest BCUT2D eigenvalue weighted by atomic mass is 9.92. The third-order valence-electron chi connectivity index (χ3n) is 8.45. The van der Waals surface area contributed by atoms with Gasteiger partial charge in [0.25, 0.3) is 0 Å². The Labute approximate surface area is 222 Å². The quantitative estimate of drug-likeness (QED) is 0.315. The summed E-state index contributed by atoms with van der Waals surface area (Å²) < 4.78 is 2.39. The van der Waals surface area contributed by atoms with Gasteiger partial charge in [0.2, 0.25) is 0 Å². The molecule has 37 heavy (non-hydrogen) atoms. The molecule has 1 saturated carbocycles. The minimum absolute atomic E-state index is 0.770. The molecule has 5 rings (SSSR count). The maximum Gasteiger partial charge on any atom is 0.140 e. The van der Waals surface area contributed by atoms with Gasteiger partial charge in [-0.25, -0.2) is 4.98 Å². The number of aryl methyl sites for hydroxylation is 1. The number of pyridine rings is 1. The van der Waals surface area contributed by atoms with Crippen LogP contribution in [-0.4, -0.2) is 46.8 Å². The van der Waals surface area contributed by atoms with Crippen LogP contribution in [0, 0.1) is 18.8 Å². The Balaban J connectivity index is 1.44. The van der Waals surface area contributed by atoms with Crippen LogP contribution in [0.5, 0.6) is 0 Å². The van der Waals surface area contributed by atoms with Crippen LogP contribution < -0.4 is 5.32 Å². The molecule has 1 N–H and O–H groups in total. The SMILES string of the molecule is C=C(c1cc(CC)c(C)c(/N=C(\C)c2cc3cccnc3n2CC2CC2)c1)N1CCC(CCNC)CC1. The average Bonchev–Trinajstić information content (AvgIpc) is 3.67. The molecule has 2 aromatic heterocycles. The average molecular weight is 498 g/mol. The van der Waals surface area contributed by atoms with Crippen molar-refractivity contribution < 1.29 is 0 Å². The molecular formula is C32H43N5. The van der Waals surface area contributed by atoms with Crippen LogP contribution in [0.25, 0.3) is 16.7 Å². The summed E-state index contributed by atoms with van der Waals surface area (Å²) in [6.45, 7) is 15.5. The summed E-state index contributed by atoms with van der Waals surface area (Å²) in [5.41, 5.74) is 9.35. The number of rotatable bonds is 10. The molecule has 2 aliphatic rings. The molecule has 0 atom stereocenters. The van der Waals surface area contributed by atoms with Crippen molar-refractivity contribution in [1.29, 1.82) is 0 Å². The first-order chi connectivity index (χ1) is 18.0. The third-order valence-corrected chi connectivity index (χ3v) is 8.45. The highest BCUT2D eigenvalue weighted by Crippen LogP contribution is 2.35. The summed E-state index contributed by atoms with van der Waals surface area (Å²) in [4.78, 5) is 12.5. The molecule has 0 spiro atoms. The first kappa shape index (κ1) is 25.7. The number of likely N-dealkylation sites (tertiary alicyclic amines) is 1. The fourth-order valence-electron chi connectivity index (χ4n) is 5.80. The number of aromatic nitrogens is 2. The maximum absolute atomic E-state index is 5.26. The standard InChI is InChI=1S/C32H43N5/c1-6-27-18-29(24(4)36-16-12-25(13-17-36)11-15-33-5)19-30(22(27)2)35-23(3)31-20-28-8-7-14-34-32(28)37(31)21-26-9-10-26/h7-8,14,18-20,25-26,33H,4,6,9-13,15-17,21H2,1-3,5H3/b35-23+. The van der Waals surface area contributed by atoms with Gasteiger partial charge in [0, 0.05) is 36.9 Å². The predicted molar refractivity (Wildman–Crippen MR) is 157 cm³/mol. The van der Waals surface area contributed by atoms with Gasteiger partial charge in [-0.05, 0) is 125 Å². The zero-order valence-corrected chi connectivity index (χ0v) is 23.2. The van der Waals surface area contributed by atoms with Crippen molar-refractivity contribution in [3.8, 4) is 0 Å². The summed E-state index contributed by atoms with van der Waals surface area (Å²) in [5, 5.41) is 4.49. The molecule has 196 valence electrons. The van der Waals surface area contributed by atoms with E-state index in [2.05, 4.69) is 66.4 Å². The number of aliphatic imine (C=N–C) groups is 1. The Morgan fingerprint density at radius 1 is 1.14 bits per heavy atom. The predicted octanol–water partition coefficient (Wildman–Crippen LogP) is 6.75. The lowest BCUT2D eigenvalue weighted by molar-refractivity contribution is 0.245. The van der Waals surface area contributed by atoms with E-state index in [1.165, 1.54) is 59.9 Å². The zero-order valence-electron chi connectivity index (χ0n) is 23.2. The second kappa shape index (κ2) is 11.2. The summed E-state index contributed by atoms with van der Waals surface area (Å²) in [6.07, 6.45) is 9.29. The van der Waals surface area contributed by atoms with E-state index >= 15 is 0 Å². The number of benzene rings is 1. The van der Waals surface area contributed by atoms with Gasteiger partial charge in [0.15, 0.2) is 0 Å². The van der Waals surface area contributed by atoms with Gasteiger partial charge in [0.05, 0.1) is 17.1 Å². The van der Waals surface area contributed by atoms with Crippen molar-refractivity contribution >= 4 is 28.1 Å². The van der Waals surface area contributed by atoms with Crippen molar-refractivity contribution in [1.82, 2.24) is 19.8 Å². The minimum atomic E-state index is 0.770. The monoisotopic (exact) mass is 497 g/mol. The molecule has 5 heteroatoms. The molecule has 0 radical (unpaired) electrons. The molecule has 0 unspecified atom stereocenters. The van der Waals surface area contributed by atoms with Gasteiger partial charge < -0.3 is 14.8 Å². The van der Waals surface area contributed by atoms with Crippen molar-refractivity contribution in [3.05, 3.63) is 65.5 Å². The summed E-state index contributed by atoms with van der Waals surface area (Å²) in [6, 6.07) is 11.1. The second-order valence-electron chi connectivity index (χ2n) is 11.1.